The monoisotopic (exact) mass is 234 g/mol. The van der Waals surface area contributed by atoms with E-state index in [1.807, 2.05) is 43.1 Å². The zero-order valence-electron chi connectivity index (χ0n) is 9.51. The molecule has 0 aliphatic heterocycles. The van der Waals surface area contributed by atoms with E-state index < -0.39 is 0 Å². The molecule has 18 heavy (non-hydrogen) atoms. The minimum atomic E-state index is 1.09. The molecule has 4 heteroatoms. The SMILES string of the molecule is c1cc2[nH]cc(-c3cncc4cc[nH]c34)c2cn1. The minimum Gasteiger partial charge on any atom is -0.361 e. The van der Waals surface area contributed by atoms with Crippen molar-refractivity contribution in [3.63, 3.8) is 0 Å². The highest BCUT2D eigenvalue weighted by molar-refractivity contribution is 6.02. The van der Waals surface area contributed by atoms with Crippen LogP contribution in [0.4, 0.5) is 0 Å². The van der Waals surface area contributed by atoms with E-state index in [0.29, 0.717) is 0 Å². The molecule has 0 bridgehead atoms. The fourth-order valence-corrected chi connectivity index (χ4v) is 2.37. The van der Waals surface area contributed by atoms with Crippen molar-refractivity contribution in [3.05, 3.63) is 49.3 Å². The van der Waals surface area contributed by atoms with E-state index >= 15 is 0 Å². The number of hydrogen-bond acceptors (Lipinski definition) is 2. The van der Waals surface area contributed by atoms with E-state index in [1.165, 1.54) is 0 Å². The summed E-state index contributed by atoms with van der Waals surface area (Å²) in [5.74, 6) is 0. The average Bonchev–Trinajstić information content (AvgIpc) is 3.05. The molecule has 0 radical (unpaired) electrons. The molecule has 0 atom stereocenters. The third kappa shape index (κ3) is 1.20. The van der Waals surface area contributed by atoms with Crippen LogP contribution in [0.25, 0.3) is 32.9 Å². The van der Waals surface area contributed by atoms with Crippen molar-refractivity contribution in [2.24, 2.45) is 0 Å². The van der Waals surface area contributed by atoms with Crippen molar-refractivity contribution < 1.29 is 0 Å². The first-order chi connectivity index (χ1) is 8.93. The lowest BCUT2D eigenvalue weighted by Crippen LogP contribution is -1.81. The van der Waals surface area contributed by atoms with Crippen molar-refractivity contribution in [2.75, 3.05) is 0 Å². The molecule has 2 N–H and O–H groups in total. The fraction of sp³-hybridized carbons (Fsp3) is 0. The lowest BCUT2D eigenvalue weighted by Gasteiger charge is -2.01. The molecule has 0 aliphatic carbocycles. The number of hydrogen-bond donors (Lipinski definition) is 2. The third-order valence-electron chi connectivity index (χ3n) is 3.24. The van der Waals surface area contributed by atoms with Gasteiger partial charge in [0.15, 0.2) is 0 Å². The van der Waals surface area contributed by atoms with Gasteiger partial charge >= 0.3 is 0 Å². The van der Waals surface area contributed by atoms with Crippen LogP contribution in [0.15, 0.2) is 49.3 Å². The number of aromatic amines is 2. The summed E-state index contributed by atoms with van der Waals surface area (Å²) in [6, 6.07) is 4.00. The molecule has 0 spiro atoms. The molecule has 0 aliphatic rings. The summed E-state index contributed by atoms with van der Waals surface area (Å²) in [7, 11) is 0. The Morgan fingerprint density at radius 3 is 2.89 bits per heavy atom. The maximum absolute atomic E-state index is 4.29. The quantitative estimate of drug-likeness (QED) is 0.531. The zero-order chi connectivity index (χ0) is 11.9. The van der Waals surface area contributed by atoms with Crippen LogP contribution in [0.3, 0.4) is 0 Å². The van der Waals surface area contributed by atoms with E-state index in [1.54, 1.807) is 6.20 Å². The first kappa shape index (κ1) is 9.41. The third-order valence-corrected chi connectivity index (χ3v) is 3.24. The Labute approximate surface area is 103 Å². The number of nitrogens with one attached hydrogen (secondary N) is 2. The highest BCUT2D eigenvalue weighted by Crippen LogP contribution is 2.31. The smallest absolute Gasteiger partial charge is 0.0565 e. The maximum atomic E-state index is 4.29. The molecule has 4 nitrogen and oxygen atoms in total. The molecule has 86 valence electrons. The van der Waals surface area contributed by atoms with Crippen LogP contribution < -0.4 is 0 Å². The van der Waals surface area contributed by atoms with Crippen LogP contribution in [0.2, 0.25) is 0 Å². The summed E-state index contributed by atoms with van der Waals surface area (Å²) >= 11 is 0. The lowest BCUT2D eigenvalue weighted by atomic mass is 10.1. The maximum Gasteiger partial charge on any atom is 0.0565 e. The molecule has 0 amide bonds. The van der Waals surface area contributed by atoms with Crippen molar-refractivity contribution in [3.8, 4) is 11.1 Å². The molecule has 0 fully saturated rings. The molecule has 4 rings (SSSR count). The van der Waals surface area contributed by atoms with E-state index in [0.717, 1.165) is 32.9 Å². The number of aromatic nitrogens is 4. The Bertz CT molecular complexity index is 841. The summed E-state index contributed by atoms with van der Waals surface area (Å²) in [5.41, 5.74) is 4.41. The van der Waals surface area contributed by atoms with Gasteiger partial charge in [0.05, 0.1) is 5.52 Å². The summed E-state index contributed by atoms with van der Waals surface area (Å²) < 4.78 is 0. The van der Waals surface area contributed by atoms with E-state index in [4.69, 9.17) is 0 Å². The molecular formula is C14H10N4. The Morgan fingerprint density at radius 1 is 0.889 bits per heavy atom. The predicted octanol–water partition coefficient (Wildman–Crippen LogP) is 3.11. The largest absolute Gasteiger partial charge is 0.361 e. The van der Waals surface area contributed by atoms with Gasteiger partial charge in [0.2, 0.25) is 0 Å². The molecule has 0 unspecified atom stereocenters. The van der Waals surface area contributed by atoms with E-state index in [2.05, 4.69) is 19.9 Å². The molecule has 4 heterocycles. The van der Waals surface area contributed by atoms with Crippen LogP contribution >= 0.6 is 0 Å². The van der Waals surface area contributed by atoms with Gasteiger partial charge < -0.3 is 9.97 Å². The highest BCUT2D eigenvalue weighted by atomic mass is 14.7. The second-order valence-electron chi connectivity index (χ2n) is 4.25. The Hall–Kier alpha value is -2.62. The van der Waals surface area contributed by atoms with Crippen molar-refractivity contribution >= 4 is 21.8 Å². The summed E-state index contributed by atoms with van der Waals surface area (Å²) in [5, 5.41) is 2.23. The number of nitrogens with zero attached hydrogens (tertiary/aromatic N) is 2. The molecule has 0 saturated heterocycles. The Morgan fingerprint density at radius 2 is 1.89 bits per heavy atom. The Kier molecular flexibility index (Phi) is 1.80. The highest BCUT2D eigenvalue weighted by Gasteiger charge is 2.10. The first-order valence-corrected chi connectivity index (χ1v) is 5.76. The average molecular weight is 234 g/mol. The fourth-order valence-electron chi connectivity index (χ4n) is 2.37. The van der Waals surface area contributed by atoms with Crippen molar-refractivity contribution in [2.45, 2.75) is 0 Å². The summed E-state index contributed by atoms with van der Waals surface area (Å²) in [6.45, 7) is 0. The van der Waals surface area contributed by atoms with Gasteiger partial charge in [-0.05, 0) is 12.1 Å². The van der Waals surface area contributed by atoms with E-state index in [-0.39, 0.29) is 0 Å². The van der Waals surface area contributed by atoms with Crippen LogP contribution in [0.5, 0.6) is 0 Å². The zero-order valence-corrected chi connectivity index (χ0v) is 9.51. The number of fused-ring (bicyclic) bond motifs is 2. The first-order valence-electron chi connectivity index (χ1n) is 5.76. The minimum absolute atomic E-state index is 1.09. The van der Waals surface area contributed by atoms with Crippen molar-refractivity contribution in [1.29, 1.82) is 0 Å². The van der Waals surface area contributed by atoms with Crippen LogP contribution in [0.1, 0.15) is 0 Å². The predicted molar refractivity (Wildman–Crippen MR) is 71.2 cm³/mol. The normalized spacial score (nSPS) is 11.3. The second kappa shape index (κ2) is 3.43. The van der Waals surface area contributed by atoms with Gasteiger partial charge in [-0.2, -0.15) is 0 Å². The van der Waals surface area contributed by atoms with Crippen LogP contribution in [-0.2, 0) is 0 Å². The van der Waals surface area contributed by atoms with Gasteiger partial charge in [0.1, 0.15) is 0 Å². The molecule has 4 aromatic rings. The molecule has 0 saturated carbocycles. The molecule has 4 aromatic heterocycles. The van der Waals surface area contributed by atoms with Gasteiger partial charge in [-0.3, -0.25) is 9.97 Å². The topological polar surface area (TPSA) is 57.4 Å². The number of pyridine rings is 2. The van der Waals surface area contributed by atoms with Gasteiger partial charge in [-0.1, -0.05) is 0 Å². The van der Waals surface area contributed by atoms with Gasteiger partial charge in [0, 0.05) is 64.6 Å². The van der Waals surface area contributed by atoms with Crippen LogP contribution in [0, 0.1) is 0 Å². The van der Waals surface area contributed by atoms with Gasteiger partial charge in [-0.15, -0.1) is 0 Å². The summed E-state index contributed by atoms with van der Waals surface area (Å²) in [4.78, 5) is 15.0. The van der Waals surface area contributed by atoms with Gasteiger partial charge in [-0.25, -0.2) is 0 Å². The standard InChI is InChI=1S/C14H10N4/c1-4-17-14-9(1)5-16-7-12(14)10-8-18-13-2-3-15-6-11(10)13/h1-8,17-18H. The molecular weight excluding hydrogens is 224 g/mol. The second-order valence-corrected chi connectivity index (χ2v) is 4.25. The van der Waals surface area contributed by atoms with Crippen LogP contribution in [-0.4, -0.2) is 19.9 Å². The number of H-pyrrole nitrogens is 2. The lowest BCUT2D eigenvalue weighted by molar-refractivity contribution is 1.35. The van der Waals surface area contributed by atoms with Gasteiger partial charge in [0.25, 0.3) is 0 Å². The molecule has 0 aromatic carbocycles. The summed E-state index contributed by atoms with van der Waals surface area (Å²) in [6.07, 6.45) is 11.3. The Balaban J connectivity index is 2.10. The number of rotatable bonds is 1. The van der Waals surface area contributed by atoms with Crippen molar-refractivity contribution in [1.82, 2.24) is 19.9 Å². The van der Waals surface area contributed by atoms with E-state index in [9.17, 15) is 0 Å².